The monoisotopic (exact) mass is 428 g/mol. The number of carbonyl (C=O) groups is 2. The Bertz CT molecular complexity index is 1250. The third-order valence-electron chi connectivity index (χ3n) is 5.44. The number of hydrogen-bond acceptors (Lipinski definition) is 5. The van der Waals surface area contributed by atoms with E-state index < -0.39 is 11.8 Å². The van der Waals surface area contributed by atoms with Gasteiger partial charge in [-0.15, -0.1) is 0 Å². The number of nitrogens with zero attached hydrogens (tertiary/aromatic N) is 1. The van der Waals surface area contributed by atoms with E-state index in [1.165, 1.54) is 14.2 Å². The molecule has 0 atom stereocenters. The van der Waals surface area contributed by atoms with Gasteiger partial charge in [-0.25, -0.2) is 4.90 Å². The third-order valence-corrected chi connectivity index (χ3v) is 5.44. The van der Waals surface area contributed by atoms with Crippen LogP contribution in [0.4, 0.5) is 11.4 Å². The van der Waals surface area contributed by atoms with Crippen molar-refractivity contribution < 1.29 is 19.1 Å². The Kier molecular flexibility index (Phi) is 5.69. The minimum atomic E-state index is -0.457. The first-order valence-electron chi connectivity index (χ1n) is 10.2. The van der Waals surface area contributed by atoms with Gasteiger partial charge in [0.05, 0.1) is 25.5 Å². The van der Waals surface area contributed by atoms with Crippen LogP contribution in [0.3, 0.4) is 0 Å². The van der Waals surface area contributed by atoms with Crippen molar-refractivity contribution in [3.05, 3.63) is 89.1 Å². The molecule has 162 valence electrons. The molecule has 0 aromatic heterocycles. The van der Waals surface area contributed by atoms with Crippen LogP contribution in [0, 0.1) is 13.8 Å². The summed E-state index contributed by atoms with van der Waals surface area (Å²) < 4.78 is 10.9. The molecular formula is C26H24N2O4. The summed E-state index contributed by atoms with van der Waals surface area (Å²) in [5.74, 6) is 0.0328. The number of benzene rings is 3. The number of carbonyl (C=O) groups excluding carboxylic acids is 2. The standard InChI is InChI=1S/C26H24N2O4/c1-16-13-14-17(2)19(15-16)27-24-23(18-9-5-7-11-21(18)31-3)25(29)28(26(24)30)20-10-6-8-12-22(20)32-4/h5-15,27H,1-4H3. The minimum absolute atomic E-state index is 0.194. The number of methoxy groups -OCH3 is 2. The Morgan fingerprint density at radius 2 is 1.44 bits per heavy atom. The second kappa shape index (κ2) is 8.59. The second-order valence-electron chi connectivity index (χ2n) is 7.51. The maximum Gasteiger partial charge on any atom is 0.282 e. The van der Waals surface area contributed by atoms with E-state index in [0.29, 0.717) is 22.7 Å². The fourth-order valence-electron chi connectivity index (χ4n) is 3.79. The van der Waals surface area contributed by atoms with E-state index in [9.17, 15) is 9.59 Å². The molecule has 3 aromatic carbocycles. The Balaban J connectivity index is 1.91. The highest BCUT2D eigenvalue weighted by atomic mass is 16.5. The normalized spacial score (nSPS) is 13.6. The van der Waals surface area contributed by atoms with Crippen molar-refractivity contribution in [2.75, 3.05) is 24.4 Å². The van der Waals surface area contributed by atoms with Crippen molar-refractivity contribution in [1.82, 2.24) is 0 Å². The average Bonchev–Trinajstić information content (AvgIpc) is 3.05. The zero-order valence-corrected chi connectivity index (χ0v) is 18.4. The van der Waals surface area contributed by atoms with Gasteiger partial charge in [-0.05, 0) is 49.2 Å². The zero-order chi connectivity index (χ0) is 22.8. The largest absolute Gasteiger partial charge is 0.496 e. The molecule has 2 amide bonds. The quantitative estimate of drug-likeness (QED) is 0.576. The van der Waals surface area contributed by atoms with Crippen LogP contribution < -0.4 is 19.7 Å². The average molecular weight is 428 g/mol. The van der Waals surface area contributed by atoms with E-state index in [1.807, 2.05) is 44.2 Å². The molecule has 0 spiro atoms. The van der Waals surface area contributed by atoms with Gasteiger partial charge in [0.25, 0.3) is 11.8 Å². The molecule has 0 aliphatic carbocycles. The maximum atomic E-state index is 13.7. The van der Waals surface area contributed by atoms with Crippen LogP contribution in [0.25, 0.3) is 5.57 Å². The summed E-state index contributed by atoms with van der Waals surface area (Å²) in [6, 6.07) is 20.0. The Labute approximate surface area is 187 Å². The predicted molar refractivity (Wildman–Crippen MR) is 125 cm³/mol. The summed E-state index contributed by atoms with van der Waals surface area (Å²) in [7, 11) is 3.05. The molecule has 0 saturated carbocycles. The summed E-state index contributed by atoms with van der Waals surface area (Å²) >= 11 is 0. The van der Waals surface area contributed by atoms with Crippen molar-refractivity contribution in [1.29, 1.82) is 0 Å². The van der Waals surface area contributed by atoms with Gasteiger partial charge in [0.2, 0.25) is 0 Å². The lowest BCUT2D eigenvalue weighted by molar-refractivity contribution is -0.120. The van der Waals surface area contributed by atoms with Crippen molar-refractivity contribution in [3.8, 4) is 11.5 Å². The lowest BCUT2D eigenvalue weighted by Gasteiger charge is -2.18. The molecule has 1 aliphatic heterocycles. The predicted octanol–water partition coefficient (Wildman–Crippen LogP) is 4.72. The highest BCUT2D eigenvalue weighted by Crippen LogP contribution is 2.40. The van der Waals surface area contributed by atoms with Gasteiger partial charge in [-0.1, -0.05) is 42.5 Å². The van der Waals surface area contributed by atoms with Crippen molar-refractivity contribution in [2.24, 2.45) is 0 Å². The van der Waals surface area contributed by atoms with E-state index >= 15 is 0 Å². The van der Waals surface area contributed by atoms with Crippen molar-refractivity contribution >= 4 is 28.8 Å². The van der Waals surface area contributed by atoms with Gasteiger partial charge in [-0.2, -0.15) is 0 Å². The third kappa shape index (κ3) is 3.60. The van der Waals surface area contributed by atoms with Gasteiger partial charge >= 0.3 is 0 Å². The van der Waals surface area contributed by atoms with Crippen LogP contribution in [-0.2, 0) is 9.59 Å². The molecule has 3 aromatic rings. The smallest absolute Gasteiger partial charge is 0.282 e. The molecule has 6 heteroatoms. The van der Waals surface area contributed by atoms with E-state index in [2.05, 4.69) is 5.32 Å². The van der Waals surface area contributed by atoms with E-state index in [4.69, 9.17) is 9.47 Å². The maximum absolute atomic E-state index is 13.7. The minimum Gasteiger partial charge on any atom is -0.496 e. The van der Waals surface area contributed by atoms with Gasteiger partial charge in [0.15, 0.2) is 0 Å². The number of aryl methyl sites for hydroxylation is 2. The van der Waals surface area contributed by atoms with Crippen LogP contribution >= 0.6 is 0 Å². The second-order valence-corrected chi connectivity index (χ2v) is 7.51. The van der Waals surface area contributed by atoms with Crippen molar-refractivity contribution in [2.45, 2.75) is 13.8 Å². The molecule has 0 unspecified atom stereocenters. The molecule has 6 nitrogen and oxygen atoms in total. The number of nitrogens with one attached hydrogen (secondary N) is 1. The number of rotatable bonds is 6. The molecule has 0 radical (unpaired) electrons. The first-order valence-corrected chi connectivity index (χ1v) is 10.2. The van der Waals surface area contributed by atoms with Crippen LogP contribution in [0.5, 0.6) is 11.5 Å². The first-order chi connectivity index (χ1) is 15.5. The molecule has 0 saturated heterocycles. The summed E-state index contributed by atoms with van der Waals surface area (Å²) in [6.07, 6.45) is 0. The molecule has 32 heavy (non-hydrogen) atoms. The van der Waals surface area contributed by atoms with Crippen LogP contribution in [0.1, 0.15) is 16.7 Å². The number of ether oxygens (including phenoxy) is 2. The van der Waals surface area contributed by atoms with Gasteiger partial charge in [0.1, 0.15) is 17.2 Å². The van der Waals surface area contributed by atoms with Crippen LogP contribution in [-0.4, -0.2) is 26.0 Å². The summed E-state index contributed by atoms with van der Waals surface area (Å²) in [5, 5.41) is 3.24. The highest BCUT2D eigenvalue weighted by molar-refractivity contribution is 6.46. The lowest BCUT2D eigenvalue weighted by Crippen LogP contribution is -2.32. The summed E-state index contributed by atoms with van der Waals surface area (Å²) in [6.45, 7) is 3.92. The topological polar surface area (TPSA) is 67.9 Å². The first kappa shape index (κ1) is 21.2. The zero-order valence-electron chi connectivity index (χ0n) is 18.4. The van der Waals surface area contributed by atoms with Crippen LogP contribution in [0.15, 0.2) is 72.4 Å². The number of anilines is 2. The number of hydrogen-bond donors (Lipinski definition) is 1. The SMILES string of the molecule is COc1ccccc1C1=C(Nc2cc(C)ccc2C)C(=O)N(c2ccccc2OC)C1=O. The summed E-state index contributed by atoms with van der Waals surface area (Å²) in [5.41, 5.74) is 4.12. The molecule has 1 aliphatic rings. The van der Waals surface area contributed by atoms with E-state index in [-0.39, 0.29) is 11.3 Å². The number of imide groups is 1. The Morgan fingerprint density at radius 1 is 0.781 bits per heavy atom. The van der Waals surface area contributed by atoms with E-state index in [0.717, 1.165) is 21.7 Å². The van der Waals surface area contributed by atoms with Gasteiger partial charge in [-0.3, -0.25) is 9.59 Å². The lowest BCUT2D eigenvalue weighted by atomic mass is 10.0. The molecule has 0 bridgehead atoms. The Hall–Kier alpha value is -4.06. The van der Waals surface area contributed by atoms with Crippen LogP contribution in [0.2, 0.25) is 0 Å². The summed E-state index contributed by atoms with van der Waals surface area (Å²) in [4.78, 5) is 28.5. The molecule has 4 rings (SSSR count). The molecule has 1 N–H and O–H groups in total. The fourth-order valence-corrected chi connectivity index (χ4v) is 3.79. The van der Waals surface area contributed by atoms with Gasteiger partial charge < -0.3 is 14.8 Å². The molecule has 1 heterocycles. The van der Waals surface area contributed by atoms with Gasteiger partial charge in [0, 0.05) is 11.3 Å². The molecule has 0 fully saturated rings. The number of para-hydroxylation sites is 3. The molecular weight excluding hydrogens is 404 g/mol. The fraction of sp³-hybridized carbons (Fsp3) is 0.154. The van der Waals surface area contributed by atoms with Crippen molar-refractivity contribution in [3.63, 3.8) is 0 Å². The van der Waals surface area contributed by atoms with E-state index in [1.54, 1.807) is 36.4 Å². The number of amides is 2. The Morgan fingerprint density at radius 3 is 2.16 bits per heavy atom. The highest BCUT2D eigenvalue weighted by Gasteiger charge is 2.42.